The Hall–Kier alpha value is -3.12. The maximum Gasteiger partial charge on any atom is 0.336 e. The van der Waals surface area contributed by atoms with E-state index in [-0.39, 0.29) is 24.5 Å². The number of rotatable bonds is 5. The summed E-state index contributed by atoms with van der Waals surface area (Å²) in [6.07, 6.45) is -0.146. The van der Waals surface area contributed by atoms with Gasteiger partial charge < -0.3 is 10.1 Å². The molecule has 1 N–H and O–H groups in total. The number of esters is 1. The number of carbonyl (C=O) groups excluding carboxylic acids is 3. The molecule has 0 saturated carbocycles. The van der Waals surface area contributed by atoms with Crippen molar-refractivity contribution in [3.63, 3.8) is 0 Å². The summed E-state index contributed by atoms with van der Waals surface area (Å²) in [6, 6.07) is 15.7. The number of halogens is 1. The largest absolute Gasteiger partial charge is 0.463 e. The van der Waals surface area contributed by atoms with E-state index in [1.54, 1.807) is 62.4 Å². The van der Waals surface area contributed by atoms with Gasteiger partial charge in [-0.1, -0.05) is 35.9 Å². The van der Waals surface area contributed by atoms with Gasteiger partial charge in [0.25, 0.3) is 0 Å². The molecule has 0 unspecified atom stereocenters. The number of hydrogen-bond acceptors (Lipinski definition) is 4. The maximum absolute atomic E-state index is 13.0. The molecule has 1 atom stereocenters. The van der Waals surface area contributed by atoms with Crippen molar-refractivity contribution in [2.45, 2.75) is 20.3 Å². The fraction of sp³-hybridized carbons (Fsp3) is 0.227. The average Bonchev–Trinajstić information content (AvgIpc) is 2.68. The second-order valence-corrected chi connectivity index (χ2v) is 6.98. The summed E-state index contributed by atoms with van der Waals surface area (Å²) in [5, 5.41) is 3.21. The van der Waals surface area contributed by atoms with Gasteiger partial charge in [-0.05, 0) is 44.2 Å². The number of carbonyl (C=O) groups is 3. The Bertz CT molecular complexity index is 972. The summed E-state index contributed by atoms with van der Waals surface area (Å²) in [7, 11) is 0. The molecule has 2 aromatic carbocycles. The number of nitrogens with one attached hydrogen (secondary N) is 1. The van der Waals surface area contributed by atoms with Crippen LogP contribution in [0, 0.1) is 5.92 Å². The highest BCUT2D eigenvalue weighted by Crippen LogP contribution is 2.34. The minimum Gasteiger partial charge on any atom is -0.463 e. The predicted molar refractivity (Wildman–Crippen MR) is 111 cm³/mol. The van der Waals surface area contributed by atoms with E-state index in [4.69, 9.17) is 16.3 Å². The van der Waals surface area contributed by atoms with E-state index in [1.807, 2.05) is 6.07 Å². The zero-order valence-electron chi connectivity index (χ0n) is 16.1. The minimum absolute atomic E-state index is 0.146. The molecule has 7 heteroatoms. The summed E-state index contributed by atoms with van der Waals surface area (Å²) in [5.41, 5.74) is 1.68. The van der Waals surface area contributed by atoms with Crippen LogP contribution in [0.4, 0.5) is 11.4 Å². The number of nitrogens with zero attached hydrogens (tertiary/aromatic N) is 1. The van der Waals surface area contributed by atoms with Gasteiger partial charge in [0.1, 0.15) is 0 Å². The molecular formula is C22H21ClN2O4. The lowest BCUT2D eigenvalue weighted by Crippen LogP contribution is -2.43. The SMILES string of the molecule is CCOC(=O)C1=C(C)N(c2ccccc2)C(=O)C[C@H]1C(=O)Nc1cccc(Cl)c1. The molecule has 0 bridgehead atoms. The average molecular weight is 413 g/mol. The first-order valence-corrected chi connectivity index (χ1v) is 9.62. The first-order valence-electron chi connectivity index (χ1n) is 9.24. The maximum atomic E-state index is 13.0. The van der Waals surface area contributed by atoms with Crippen molar-refractivity contribution >= 4 is 40.8 Å². The lowest BCUT2D eigenvalue weighted by atomic mass is 9.88. The van der Waals surface area contributed by atoms with E-state index in [0.29, 0.717) is 22.1 Å². The standard InChI is InChI=1S/C22H21ClN2O4/c1-3-29-22(28)20-14(2)25(17-10-5-4-6-11-17)19(26)13-18(20)21(27)24-16-9-7-8-15(23)12-16/h4-12,18H,3,13H2,1-2H3,(H,24,27)/t18-/m1/s1. The number of ether oxygens (including phenoxy) is 1. The van der Waals surface area contributed by atoms with Gasteiger partial charge >= 0.3 is 5.97 Å². The van der Waals surface area contributed by atoms with Crippen LogP contribution in [-0.2, 0) is 19.1 Å². The normalized spacial score (nSPS) is 16.6. The van der Waals surface area contributed by atoms with Gasteiger partial charge in [-0.25, -0.2) is 4.79 Å². The molecule has 1 aliphatic heterocycles. The van der Waals surface area contributed by atoms with Gasteiger partial charge in [0.15, 0.2) is 0 Å². The summed E-state index contributed by atoms with van der Waals surface area (Å²) in [6.45, 7) is 3.51. The van der Waals surface area contributed by atoms with Crippen molar-refractivity contribution < 1.29 is 19.1 Å². The van der Waals surface area contributed by atoms with Gasteiger partial charge in [0.2, 0.25) is 11.8 Å². The number of anilines is 2. The van der Waals surface area contributed by atoms with E-state index >= 15 is 0 Å². The van der Waals surface area contributed by atoms with Crippen molar-refractivity contribution in [1.82, 2.24) is 0 Å². The van der Waals surface area contributed by atoms with E-state index in [9.17, 15) is 14.4 Å². The molecule has 1 aliphatic rings. The van der Waals surface area contributed by atoms with Crippen molar-refractivity contribution in [2.24, 2.45) is 5.92 Å². The molecule has 3 rings (SSSR count). The first kappa shape index (κ1) is 20.6. The second kappa shape index (κ2) is 8.92. The number of hydrogen-bond donors (Lipinski definition) is 1. The molecule has 0 fully saturated rings. The van der Waals surface area contributed by atoms with Crippen LogP contribution in [0.2, 0.25) is 5.02 Å². The molecule has 29 heavy (non-hydrogen) atoms. The minimum atomic E-state index is -0.958. The van der Waals surface area contributed by atoms with Crippen LogP contribution in [0.1, 0.15) is 20.3 Å². The number of para-hydroxylation sites is 1. The Balaban J connectivity index is 1.99. The quantitative estimate of drug-likeness (QED) is 0.748. The Labute approximate surface area is 174 Å². The molecule has 2 aromatic rings. The molecule has 0 aromatic heterocycles. The fourth-order valence-corrected chi connectivity index (χ4v) is 3.55. The lowest BCUT2D eigenvalue weighted by Gasteiger charge is -2.33. The monoisotopic (exact) mass is 412 g/mol. The van der Waals surface area contributed by atoms with E-state index in [1.165, 1.54) is 4.90 Å². The lowest BCUT2D eigenvalue weighted by molar-refractivity contribution is -0.141. The molecule has 0 saturated heterocycles. The Morgan fingerprint density at radius 2 is 1.90 bits per heavy atom. The van der Waals surface area contributed by atoms with Crippen LogP contribution in [0.25, 0.3) is 0 Å². The zero-order chi connectivity index (χ0) is 21.0. The van der Waals surface area contributed by atoms with Crippen LogP contribution in [0.3, 0.4) is 0 Å². The molecular weight excluding hydrogens is 392 g/mol. The summed E-state index contributed by atoms with van der Waals surface area (Å²) in [5.74, 6) is -2.30. The van der Waals surface area contributed by atoms with Gasteiger partial charge in [-0.2, -0.15) is 0 Å². The van der Waals surface area contributed by atoms with Gasteiger partial charge in [-0.3, -0.25) is 14.5 Å². The highest BCUT2D eigenvalue weighted by molar-refractivity contribution is 6.30. The topological polar surface area (TPSA) is 75.7 Å². The fourth-order valence-electron chi connectivity index (χ4n) is 3.36. The van der Waals surface area contributed by atoms with Gasteiger partial charge in [-0.15, -0.1) is 0 Å². The Morgan fingerprint density at radius 3 is 2.55 bits per heavy atom. The van der Waals surface area contributed by atoms with Crippen LogP contribution in [-0.4, -0.2) is 24.4 Å². The van der Waals surface area contributed by atoms with Crippen LogP contribution >= 0.6 is 11.6 Å². The third-order valence-corrected chi connectivity index (χ3v) is 4.86. The number of allylic oxidation sites excluding steroid dienone is 1. The summed E-state index contributed by atoms with van der Waals surface area (Å²) < 4.78 is 5.19. The third-order valence-electron chi connectivity index (χ3n) is 4.62. The number of amides is 2. The highest BCUT2D eigenvalue weighted by atomic mass is 35.5. The number of benzene rings is 2. The van der Waals surface area contributed by atoms with E-state index < -0.39 is 17.8 Å². The molecule has 0 aliphatic carbocycles. The summed E-state index contributed by atoms with van der Waals surface area (Å²) in [4.78, 5) is 40.0. The molecule has 0 radical (unpaired) electrons. The molecule has 1 heterocycles. The molecule has 6 nitrogen and oxygen atoms in total. The van der Waals surface area contributed by atoms with Gasteiger partial charge in [0.05, 0.1) is 18.1 Å². The second-order valence-electron chi connectivity index (χ2n) is 6.54. The zero-order valence-corrected chi connectivity index (χ0v) is 16.9. The third kappa shape index (κ3) is 4.49. The molecule has 2 amide bonds. The Morgan fingerprint density at radius 1 is 1.17 bits per heavy atom. The Kier molecular flexibility index (Phi) is 6.34. The van der Waals surface area contributed by atoms with Crippen molar-refractivity contribution in [3.05, 3.63) is 70.9 Å². The summed E-state index contributed by atoms with van der Waals surface area (Å²) >= 11 is 5.97. The van der Waals surface area contributed by atoms with E-state index in [0.717, 1.165) is 0 Å². The van der Waals surface area contributed by atoms with Crippen molar-refractivity contribution in [1.29, 1.82) is 0 Å². The predicted octanol–water partition coefficient (Wildman–Crippen LogP) is 4.17. The van der Waals surface area contributed by atoms with Crippen LogP contribution < -0.4 is 10.2 Å². The molecule has 0 spiro atoms. The molecule has 150 valence electrons. The smallest absolute Gasteiger partial charge is 0.336 e. The van der Waals surface area contributed by atoms with Crippen molar-refractivity contribution in [2.75, 3.05) is 16.8 Å². The van der Waals surface area contributed by atoms with Gasteiger partial charge in [0, 0.05) is 28.5 Å². The van der Waals surface area contributed by atoms with Crippen LogP contribution in [0.15, 0.2) is 65.9 Å². The first-order chi connectivity index (χ1) is 13.9. The van der Waals surface area contributed by atoms with Crippen molar-refractivity contribution in [3.8, 4) is 0 Å². The highest BCUT2D eigenvalue weighted by Gasteiger charge is 2.40. The van der Waals surface area contributed by atoms with E-state index in [2.05, 4.69) is 5.32 Å². The van der Waals surface area contributed by atoms with Crippen LogP contribution in [0.5, 0.6) is 0 Å².